The van der Waals surface area contributed by atoms with Crippen molar-refractivity contribution in [3.05, 3.63) is 35.7 Å². The zero-order valence-corrected chi connectivity index (χ0v) is 17.3. The van der Waals surface area contributed by atoms with Gasteiger partial charge in [-0.3, -0.25) is 4.79 Å². The minimum absolute atomic E-state index is 0.00174. The number of nitrogens with one attached hydrogen (secondary N) is 2. The summed E-state index contributed by atoms with van der Waals surface area (Å²) in [5, 5.41) is 20.0. The maximum atomic E-state index is 12.5. The Bertz CT molecular complexity index is 908. The lowest BCUT2D eigenvalue weighted by molar-refractivity contribution is -0.116. The number of para-hydroxylation sites is 1. The minimum atomic E-state index is 0.00174. The summed E-state index contributed by atoms with van der Waals surface area (Å²) in [7, 11) is 0. The minimum Gasteiger partial charge on any atom is -0.326 e. The van der Waals surface area contributed by atoms with E-state index in [4.69, 9.17) is 0 Å². The first-order valence-corrected chi connectivity index (χ1v) is 10.8. The number of carbonyl (C=O) groups excluding carboxylic acids is 1. The van der Waals surface area contributed by atoms with E-state index in [9.17, 15) is 4.79 Å². The molecule has 4 atom stereocenters. The Morgan fingerprint density at radius 2 is 1.93 bits per heavy atom. The summed E-state index contributed by atoms with van der Waals surface area (Å²) in [5.41, 5.74) is 2.10. The van der Waals surface area contributed by atoms with Crippen molar-refractivity contribution in [1.82, 2.24) is 25.5 Å². The van der Waals surface area contributed by atoms with Gasteiger partial charge in [-0.15, -0.1) is 10.2 Å². The number of nitrogens with zero attached hydrogens (tertiary/aromatic N) is 4. The second kappa shape index (κ2) is 6.90. The average molecular weight is 395 g/mol. The lowest BCUT2D eigenvalue weighted by atomic mass is 9.50. The third kappa shape index (κ3) is 3.45. The first kappa shape index (κ1) is 18.7. The number of hydrogen-bond acceptors (Lipinski definition) is 5. The number of carbonyl (C=O) groups is 1. The molecule has 1 heterocycles. The fourth-order valence-corrected chi connectivity index (χ4v) is 6.51. The monoisotopic (exact) mass is 394 g/mol. The Hall–Kier alpha value is -2.28. The van der Waals surface area contributed by atoms with Gasteiger partial charge in [0.05, 0.1) is 5.54 Å². The van der Waals surface area contributed by atoms with Crippen LogP contribution in [-0.2, 0) is 10.3 Å². The summed E-state index contributed by atoms with van der Waals surface area (Å²) in [6.45, 7) is 4.63. The zero-order chi connectivity index (χ0) is 20.1. The number of aromatic nitrogens is 4. The lowest BCUT2D eigenvalue weighted by Gasteiger charge is -2.61. The molecule has 4 bridgehead atoms. The van der Waals surface area contributed by atoms with Crippen molar-refractivity contribution < 1.29 is 4.79 Å². The predicted molar refractivity (Wildman–Crippen MR) is 110 cm³/mol. The van der Waals surface area contributed by atoms with E-state index in [0.29, 0.717) is 13.0 Å². The van der Waals surface area contributed by atoms with Gasteiger partial charge in [-0.2, -0.15) is 4.80 Å². The number of hydrogen-bond donors (Lipinski definition) is 2. The van der Waals surface area contributed by atoms with Crippen molar-refractivity contribution in [3.63, 3.8) is 0 Å². The van der Waals surface area contributed by atoms with Crippen LogP contribution in [0.4, 0.5) is 5.69 Å². The van der Waals surface area contributed by atoms with E-state index >= 15 is 0 Å². The van der Waals surface area contributed by atoms with Crippen LogP contribution in [0.3, 0.4) is 0 Å². The number of amides is 1. The van der Waals surface area contributed by atoms with Gasteiger partial charge in [0.15, 0.2) is 5.82 Å². The van der Waals surface area contributed by atoms with Crippen LogP contribution in [0.1, 0.15) is 56.3 Å². The molecule has 7 nitrogen and oxygen atoms in total. The summed E-state index contributed by atoms with van der Waals surface area (Å²) in [6.07, 6.45) is 7.59. The molecule has 2 aromatic rings. The summed E-state index contributed by atoms with van der Waals surface area (Å²) in [5.74, 6) is 2.25. The van der Waals surface area contributed by atoms with Gasteiger partial charge in [0.25, 0.3) is 0 Å². The standard InChI is InChI=1S/C22H30N6O/c1-15-5-3-4-6-19(15)24-20(29)7-8-23-21-10-17-9-18(11-21)13-22(12-17,14-21)28-26-16(2)25-27-28/h3-6,17-18,23H,7-14H2,1-2H3,(H,24,29)/t17-,18+,21?,22?. The number of anilines is 1. The second-order valence-corrected chi connectivity index (χ2v) is 9.63. The number of rotatable bonds is 6. The van der Waals surface area contributed by atoms with Gasteiger partial charge < -0.3 is 10.6 Å². The summed E-state index contributed by atoms with van der Waals surface area (Å²) in [4.78, 5) is 14.4. The molecule has 1 aromatic carbocycles. The third-order valence-corrected chi connectivity index (χ3v) is 7.24. The molecule has 0 radical (unpaired) electrons. The molecule has 6 rings (SSSR count). The van der Waals surface area contributed by atoms with Crippen LogP contribution >= 0.6 is 0 Å². The van der Waals surface area contributed by atoms with Crippen LogP contribution in [0.15, 0.2) is 24.3 Å². The molecule has 4 saturated carbocycles. The summed E-state index contributed by atoms with van der Waals surface area (Å²) in [6, 6.07) is 7.91. The van der Waals surface area contributed by atoms with Gasteiger partial charge in [-0.25, -0.2) is 0 Å². The third-order valence-electron chi connectivity index (χ3n) is 7.24. The first-order valence-electron chi connectivity index (χ1n) is 10.8. The van der Waals surface area contributed by atoms with E-state index in [-0.39, 0.29) is 17.0 Å². The predicted octanol–water partition coefficient (Wildman–Crippen LogP) is 2.96. The van der Waals surface area contributed by atoms with Crippen molar-refractivity contribution in [2.45, 2.75) is 69.9 Å². The molecule has 0 saturated heterocycles. The highest BCUT2D eigenvalue weighted by Gasteiger charge is 2.59. The Balaban J connectivity index is 1.24. The summed E-state index contributed by atoms with van der Waals surface area (Å²) < 4.78 is 0. The van der Waals surface area contributed by atoms with Gasteiger partial charge in [0.2, 0.25) is 5.91 Å². The number of tetrazole rings is 1. The maximum Gasteiger partial charge on any atom is 0.225 e. The van der Waals surface area contributed by atoms with E-state index < -0.39 is 0 Å². The van der Waals surface area contributed by atoms with Crippen LogP contribution in [-0.4, -0.2) is 38.2 Å². The fraction of sp³-hybridized carbons (Fsp3) is 0.636. The Kier molecular flexibility index (Phi) is 4.46. The molecule has 1 amide bonds. The van der Waals surface area contributed by atoms with Crippen molar-refractivity contribution in [2.75, 3.05) is 11.9 Å². The van der Waals surface area contributed by atoms with Crippen LogP contribution in [0.25, 0.3) is 0 Å². The van der Waals surface area contributed by atoms with E-state index in [2.05, 4.69) is 26.0 Å². The number of benzene rings is 1. The molecule has 4 aliphatic carbocycles. The highest BCUT2D eigenvalue weighted by atomic mass is 16.1. The number of aryl methyl sites for hydroxylation is 2. The molecular weight excluding hydrogens is 364 g/mol. The quantitative estimate of drug-likeness (QED) is 0.787. The molecule has 154 valence electrons. The Morgan fingerprint density at radius 3 is 2.62 bits per heavy atom. The van der Waals surface area contributed by atoms with Crippen LogP contribution in [0.2, 0.25) is 0 Å². The molecule has 7 heteroatoms. The molecule has 0 spiro atoms. The normalized spacial score (nSPS) is 32.5. The van der Waals surface area contributed by atoms with Crippen molar-refractivity contribution >= 4 is 11.6 Å². The zero-order valence-electron chi connectivity index (χ0n) is 17.3. The molecule has 2 N–H and O–H groups in total. The van der Waals surface area contributed by atoms with Crippen LogP contribution in [0.5, 0.6) is 0 Å². The Labute approximate surface area is 171 Å². The van der Waals surface area contributed by atoms with E-state index in [1.165, 1.54) is 19.3 Å². The van der Waals surface area contributed by atoms with Crippen LogP contribution in [0, 0.1) is 25.7 Å². The average Bonchev–Trinajstić information content (AvgIpc) is 3.10. The van der Waals surface area contributed by atoms with Gasteiger partial charge in [-0.05, 0) is 81.1 Å². The van der Waals surface area contributed by atoms with Gasteiger partial charge in [-0.1, -0.05) is 18.2 Å². The molecule has 29 heavy (non-hydrogen) atoms. The largest absolute Gasteiger partial charge is 0.326 e. The van der Waals surface area contributed by atoms with Gasteiger partial charge in [0.1, 0.15) is 0 Å². The van der Waals surface area contributed by atoms with E-state index in [0.717, 1.165) is 48.2 Å². The second-order valence-electron chi connectivity index (χ2n) is 9.63. The molecule has 2 unspecified atom stereocenters. The molecule has 4 aliphatic rings. The van der Waals surface area contributed by atoms with Crippen molar-refractivity contribution in [3.8, 4) is 0 Å². The molecule has 1 aromatic heterocycles. The SMILES string of the molecule is Cc1nnn(C23C[C@@H]4C[C@@H](CC(NCCC(=O)Nc5ccccc5C)(C4)C2)C3)n1. The summed E-state index contributed by atoms with van der Waals surface area (Å²) >= 11 is 0. The van der Waals surface area contributed by atoms with Crippen molar-refractivity contribution in [2.24, 2.45) is 11.8 Å². The first-order chi connectivity index (χ1) is 14.0. The lowest BCUT2D eigenvalue weighted by Crippen LogP contribution is -2.65. The van der Waals surface area contributed by atoms with Crippen molar-refractivity contribution in [1.29, 1.82) is 0 Å². The van der Waals surface area contributed by atoms with E-state index in [1.807, 2.05) is 42.9 Å². The topological polar surface area (TPSA) is 84.7 Å². The molecule has 0 aliphatic heterocycles. The molecule has 4 fully saturated rings. The van der Waals surface area contributed by atoms with Crippen LogP contribution < -0.4 is 10.6 Å². The fourth-order valence-electron chi connectivity index (χ4n) is 6.51. The smallest absolute Gasteiger partial charge is 0.225 e. The Morgan fingerprint density at radius 1 is 1.17 bits per heavy atom. The molecular formula is C22H30N6O. The van der Waals surface area contributed by atoms with E-state index in [1.54, 1.807) is 0 Å². The van der Waals surface area contributed by atoms with Gasteiger partial charge in [0, 0.05) is 24.2 Å². The highest BCUT2D eigenvalue weighted by molar-refractivity contribution is 5.91. The maximum absolute atomic E-state index is 12.5. The van der Waals surface area contributed by atoms with Gasteiger partial charge >= 0.3 is 0 Å². The highest BCUT2D eigenvalue weighted by Crippen LogP contribution is 2.60.